The first kappa shape index (κ1) is 18.3. The number of piperidine rings is 1. The van der Waals surface area contributed by atoms with E-state index in [2.05, 4.69) is 20.6 Å². The number of rotatable bonds is 5. The number of aromatic nitrogens is 2. The Bertz CT molecular complexity index is 750. The Morgan fingerprint density at radius 2 is 2.08 bits per heavy atom. The molecular formula is C18H22ClN5O2. The third-order valence-corrected chi connectivity index (χ3v) is 4.48. The van der Waals surface area contributed by atoms with Crippen LogP contribution >= 0.6 is 11.6 Å². The molecular weight excluding hydrogens is 354 g/mol. The molecule has 0 aliphatic carbocycles. The smallest absolute Gasteiger partial charge is 0.409 e. The molecule has 2 heterocycles. The molecule has 0 unspecified atom stereocenters. The van der Waals surface area contributed by atoms with Gasteiger partial charge in [-0.05, 0) is 38.0 Å². The number of nitrogens with one attached hydrogen (secondary N) is 2. The van der Waals surface area contributed by atoms with E-state index in [9.17, 15) is 4.79 Å². The molecule has 1 saturated heterocycles. The molecule has 1 aromatic heterocycles. The Morgan fingerprint density at radius 3 is 2.81 bits per heavy atom. The molecule has 0 radical (unpaired) electrons. The van der Waals surface area contributed by atoms with Gasteiger partial charge in [-0.3, -0.25) is 0 Å². The van der Waals surface area contributed by atoms with Gasteiger partial charge in [0, 0.05) is 25.3 Å². The van der Waals surface area contributed by atoms with Gasteiger partial charge < -0.3 is 20.3 Å². The van der Waals surface area contributed by atoms with Crippen LogP contribution in [0.3, 0.4) is 0 Å². The fourth-order valence-corrected chi connectivity index (χ4v) is 3.00. The molecule has 1 fully saturated rings. The fraction of sp³-hybridized carbons (Fsp3) is 0.389. The Kier molecular flexibility index (Phi) is 6.12. The fourth-order valence-electron chi connectivity index (χ4n) is 2.81. The van der Waals surface area contributed by atoms with E-state index in [1.807, 2.05) is 37.3 Å². The van der Waals surface area contributed by atoms with Crippen molar-refractivity contribution in [2.75, 3.05) is 30.3 Å². The molecule has 8 heteroatoms. The first-order valence-electron chi connectivity index (χ1n) is 8.68. The highest BCUT2D eigenvalue weighted by Crippen LogP contribution is 2.24. The summed E-state index contributed by atoms with van der Waals surface area (Å²) in [4.78, 5) is 22.2. The number of nitrogens with zero attached hydrogens (tertiary/aromatic N) is 3. The number of para-hydroxylation sites is 1. The average molecular weight is 376 g/mol. The standard InChI is InChI=1S/C18H22ClN5O2/c1-2-26-18(25)24-11-8-13(9-12-24)21-16-7-10-20-17(23-16)22-15-6-4-3-5-14(15)19/h3-7,10,13H,2,8-9,11-12H2,1H3,(H2,20,21,22,23). The lowest BCUT2D eigenvalue weighted by Crippen LogP contribution is -2.42. The largest absolute Gasteiger partial charge is 0.450 e. The van der Waals surface area contributed by atoms with Crippen molar-refractivity contribution < 1.29 is 9.53 Å². The predicted octanol–water partition coefficient (Wildman–Crippen LogP) is 3.91. The Hall–Kier alpha value is -2.54. The monoisotopic (exact) mass is 375 g/mol. The minimum absolute atomic E-state index is 0.237. The van der Waals surface area contributed by atoms with Crippen LogP contribution in [0.5, 0.6) is 0 Å². The zero-order chi connectivity index (χ0) is 18.4. The van der Waals surface area contributed by atoms with E-state index in [1.165, 1.54) is 0 Å². The first-order valence-corrected chi connectivity index (χ1v) is 9.06. The van der Waals surface area contributed by atoms with Crippen LogP contribution in [-0.2, 0) is 4.74 Å². The zero-order valence-corrected chi connectivity index (χ0v) is 15.4. The van der Waals surface area contributed by atoms with Gasteiger partial charge in [0.25, 0.3) is 0 Å². The lowest BCUT2D eigenvalue weighted by atomic mass is 10.1. The van der Waals surface area contributed by atoms with Crippen LogP contribution in [0.2, 0.25) is 5.02 Å². The quantitative estimate of drug-likeness (QED) is 0.824. The van der Waals surface area contributed by atoms with Gasteiger partial charge in [-0.25, -0.2) is 9.78 Å². The van der Waals surface area contributed by atoms with Crippen molar-refractivity contribution in [2.45, 2.75) is 25.8 Å². The molecule has 2 N–H and O–H groups in total. The number of amides is 1. The predicted molar refractivity (Wildman–Crippen MR) is 102 cm³/mol. The number of benzene rings is 1. The summed E-state index contributed by atoms with van der Waals surface area (Å²) in [6.45, 7) is 3.56. The summed E-state index contributed by atoms with van der Waals surface area (Å²) in [5, 5.41) is 7.14. The highest BCUT2D eigenvalue weighted by Gasteiger charge is 2.23. The molecule has 1 aromatic carbocycles. The van der Waals surface area contributed by atoms with Gasteiger partial charge in [-0.1, -0.05) is 23.7 Å². The molecule has 0 atom stereocenters. The van der Waals surface area contributed by atoms with Gasteiger partial charge in [0.05, 0.1) is 17.3 Å². The summed E-state index contributed by atoms with van der Waals surface area (Å²) < 4.78 is 5.04. The Labute approximate surface area is 157 Å². The number of anilines is 3. The van der Waals surface area contributed by atoms with E-state index >= 15 is 0 Å². The van der Waals surface area contributed by atoms with Crippen LogP contribution < -0.4 is 10.6 Å². The maximum atomic E-state index is 11.8. The SMILES string of the molecule is CCOC(=O)N1CCC(Nc2ccnc(Nc3ccccc3Cl)n2)CC1. The van der Waals surface area contributed by atoms with Gasteiger partial charge in [0.2, 0.25) is 5.95 Å². The third kappa shape index (κ3) is 4.76. The highest BCUT2D eigenvalue weighted by molar-refractivity contribution is 6.33. The molecule has 26 heavy (non-hydrogen) atoms. The van der Waals surface area contributed by atoms with E-state index in [4.69, 9.17) is 16.3 Å². The van der Waals surface area contributed by atoms with Crippen LogP contribution in [-0.4, -0.2) is 46.7 Å². The second-order valence-electron chi connectivity index (χ2n) is 5.97. The Morgan fingerprint density at radius 1 is 1.31 bits per heavy atom. The number of hydrogen-bond acceptors (Lipinski definition) is 6. The van der Waals surface area contributed by atoms with Gasteiger partial charge in [0.1, 0.15) is 5.82 Å². The van der Waals surface area contributed by atoms with E-state index in [1.54, 1.807) is 11.1 Å². The van der Waals surface area contributed by atoms with Crippen molar-refractivity contribution in [3.05, 3.63) is 41.6 Å². The minimum atomic E-state index is -0.237. The lowest BCUT2D eigenvalue weighted by Gasteiger charge is -2.31. The lowest BCUT2D eigenvalue weighted by molar-refractivity contribution is 0.0983. The van der Waals surface area contributed by atoms with Crippen molar-refractivity contribution >= 4 is 35.1 Å². The maximum Gasteiger partial charge on any atom is 0.409 e. The third-order valence-electron chi connectivity index (χ3n) is 4.15. The minimum Gasteiger partial charge on any atom is -0.450 e. The normalized spacial score (nSPS) is 14.8. The number of carbonyl (C=O) groups excluding carboxylic acids is 1. The van der Waals surface area contributed by atoms with E-state index in [-0.39, 0.29) is 12.1 Å². The molecule has 0 bridgehead atoms. The molecule has 0 spiro atoms. The van der Waals surface area contributed by atoms with Gasteiger partial charge >= 0.3 is 6.09 Å². The molecule has 2 aromatic rings. The maximum absolute atomic E-state index is 11.8. The summed E-state index contributed by atoms with van der Waals surface area (Å²) >= 11 is 6.16. The number of hydrogen-bond donors (Lipinski definition) is 2. The van der Waals surface area contributed by atoms with Crippen molar-refractivity contribution in [3.8, 4) is 0 Å². The van der Waals surface area contributed by atoms with Crippen LogP contribution in [0.4, 0.5) is 22.2 Å². The van der Waals surface area contributed by atoms with Gasteiger partial charge in [-0.15, -0.1) is 0 Å². The summed E-state index contributed by atoms with van der Waals surface area (Å²) in [6.07, 6.45) is 3.15. The van der Waals surface area contributed by atoms with E-state index < -0.39 is 0 Å². The van der Waals surface area contributed by atoms with Gasteiger partial charge in [-0.2, -0.15) is 4.98 Å². The summed E-state index contributed by atoms with van der Waals surface area (Å²) in [6, 6.07) is 9.53. The van der Waals surface area contributed by atoms with Crippen molar-refractivity contribution in [2.24, 2.45) is 0 Å². The molecule has 1 amide bonds. The van der Waals surface area contributed by atoms with Crippen molar-refractivity contribution in [1.82, 2.24) is 14.9 Å². The molecule has 7 nitrogen and oxygen atoms in total. The molecule has 1 aliphatic rings. The van der Waals surface area contributed by atoms with E-state index in [0.717, 1.165) is 24.3 Å². The topological polar surface area (TPSA) is 79.4 Å². The summed E-state index contributed by atoms with van der Waals surface area (Å²) in [5.74, 6) is 1.22. The van der Waals surface area contributed by atoms with Crippen LogP contribution in [0.1, 0.15) is 19.8 Å². The molecule has 138 valence electrons. The second-order valence-corrected chi connectivity index (χ2v) is 6.38. The number of likely N-dealkylation sites (tertiary alicyclic amines) is 1. The molecule has 3 rings (SSSR count). The molecule has 0 saturated carbocycles. The van der Waals surface area contributed by atoms with Crippen LogP contribution in [0, 0.1) is 0 Å². The van der Waals surface area contributed by atoms with Crippen LogP contribution in [0.15, 0.2) is 36.5 Å². The van der Waals surface area contributed by atoms with Crippen LogP contribution in [0.25, 0.3) is 0 Å². The number of ether oxygens (including phenoxy) is 1. The second kappa shape index (κ2) is 8.71. The number of carbonyl (C=O) groups is 1. The average Bonchev–Trinajstić information content (AvgIpc) is 2.65. The van der Waals surface area contributed by atoms with Gasteiger partial charge in [0.15, 0.2) is 0 Å². The van der Waals surface area contributed by atoms with E-state index in [0.29, 0.717) is 30.7 Å². The zero-order valence-electron chi connectivity index (χ0n) is 14.6. The van der Waals surface area contributed by atoms with Crippen molar-refractivity contribution in [1.29, 1.82) is 0 Å². The Balaban J connectivity index is 1.56. The highest BCUT2D eigenvalue weighted by atomic mass is 35.5. The first-order chi connectivity index (χ1) is 12.7. The van der Waals surface area contributed by atoms with Crippen molar-refractivity contribution in [3.63, 3.8) is 0 Å². The summed E-state index contributed by atoms with van der Waals surface area (Å²) in [5.41, 5.74) is 0.758. The number of halogens is 1. The molecule has 1 aliphatic heterocycles. The summed E-state index contributed by atoms with van der Waals surface area (Å²) in [7, 11) is 0.